The van der Waals surface area contributed by atoms with Crippen molar-refractivity contribution in [3.8, 4) is 0 Å². The average molecular weight is 312 g/mol. The number of hydrogen-bond acceptors (Lipinski definition) is 3. The molecule has 0 aromatic heterocycles. The van der Waals surface area contributed by atoms with Gasteiger partial charge in [-0.2, -0.15) is 0 Å². The lowest BCUT2D eigenvalue weighted by atomic mass is 10.0. The molecule has 118 valence electrons. The highest BCUT2D eigenvalue weighted by molar-refractivity contribution is 6.30. The van der Waals surface area contributed by atoms with E-state index in [0.717, 1.165) is 36.6 Å². The molecular formula is C17H26ClNO2. The van der Waals surface area contributed by atoms with Gasteiger partial charge in [0.1, 0.15) is 5.78 Å². The van der Waals surface area contributed by atoms with Crippen LogP contribution in [0, 0.1) is 0 Å². The molecule has 1 atom stereocenters. The minimum atomic E-state index is -0.121. The first-order valence-corrected chi connectivity index (χ1v) is 8.11. The fraction of sp³-hybridized carbons (Fsp3) is 0.588. The summed E-state index contributed by atoms with van der Waals surface area (Å²) in [7, 11) is 0. The molecule has 0 radical (unpaired) electrons. The maximum absolute atomic E-state index is 11.8. The second-order valence-electron chi connectivity index (χ2n) is 5.05. The number of carbonyl (C=O) groups excluding carboxylic acids is 1. The first-order chi connectivity index (χ1) is 10.1. The lowest BCUT2D eigenvalue weighted by Crippen LogP contribution is -2.46. The summed E-state index contributed by atoms with van der Waals surface area (Å²) in [5.41, 5.74) is 1.13. The molecule has 0 spiro atoms. The van der Waals surface area contributed by atoms with Gasteiger partial charge in [-0.05, 0) is 43.9 Å². The van der Waals surface area contributed by atoms with E-state index in [1.54, 1.807) is 6.92 Å². The number of ketones is 1. The summed E-state index contributed by atoms with van der Waals surface area (Å²) in [5, 5.41) is 4.18. The third kappa shape index (κ3) is 6.60. The standard InChI is InChI=1S/C15H20ClNO2.C2H6/c1-11(18)15(17-14-6-8-19-9-7-14)10-12-2-4-13(16)5-3-12;1-2/h2-5,14-15,17H,6-10H2,1H3;1-2H3/t15-;/m1./s1. The summed E-state index contributed by atoms with van der Waals surface area (Å²) >= 11 is 5.87. The van der Waals surface area contributed by atoms with Gasteiger partial charge in [-0.1, -0.05) is 37.6 Å². The van der Waals surface area contributed by atoms with Crippen LogP contribution < -0.4 is 5.32 Å². The Balaban J connectivity index is 0.00000106. The highest BCUT2D eigenvalue weighted by Crippen LogP contribution is 2.13. The summed E-state index contributed by atoms with van der Waals surface area (Å²) in [6.45, 7) is 7.21. The molecule has 0 aliphatic carbocycles. The number of benzene rings is 1. The molecular weight excluding hydrogens is 286 g/mol. The van der Waals surface area contributed by atoms with Crippen LogP contribution in [0.15, 0.2) is 24.3 Å². The molecule has 2 rings (SSSR count). The van der Waals surface area contributed by atoms with Gasteiger partial charge in [0.2, 0.25) is 0 Å². The quantitative estimate of drug-likeness (QED) is 0.902. The first-order valence-electron chi connectivity index (χ1n) is 7.74. The second-order valence-corrected chi connectivity index (χ2v) is 5.48. The zero-order chi connectivity index (χ0) is 15.7. The van der Waals surface area contributed by atoms with E-state index >= 15 is 0 Å². The van der Waals surface area contributed by atoms with Crippen LogP contribution >= 0.6 is 11.6 Å². The van der Waals surface area contributed by atoms with E-state index in [9.17, 15) is 4.79 Å². The van der Waals surface area contributed by atoms with Crippen LogP contribution in [0.5, 0.6) is 0 Å². The predicted molar refractivity (Wildman–Crippen MR) is 87.9 cm³/mol. The lowest BCUT2D eigenvalue weighted by molar-refractivity contribution is -0.119. The molecule has 1 heterocycles. The zero-order valence-electron chi connectivity index (χ0n) is 13.2. The SMILES string of the molecule is CC.CC(=O)[C@@H](Cc1ccc(Cl)cc1)NC1CCOCC1. The van der Waals surface area contributed by atoms with Gasteiger partial charge in [0.25, 0.3) is 0 Å². The monoisotopic (exact) mass is 311 g/mol. The Morgan fingerprint density at radius 3 is 2.38 bits per heavy atom. The number of Topliss-reactive ketones (excluding diaryl/α,β-unsaturated/α-hetero) is 1. The van der Waals surface area contributed by atoms with Gasteiger partial charge in [-0.3, -0.25) is 4.79 Å². The highest BCUT2D eigenvalue weighted by atomic mass is 35.5. The average Bonchev–Trinajstić information content (AvgIpc) is 2.52. The van der Waals surface area contributed by atoms with Gasteiger partial charge in [-0.15, -0.1) is 0 Å². The smallest absolute Gasteiger partial charge is 0.147 e. The van der Waals surface area contributed by atoms with Crippen molar-refractivity contribution in [1.82, 2.24) is 5.32 Å². The van der Waals surface area contributed by atoms with Crippen molar-refractivity contribution < 1.29 is 9.53 Å². The number of carbonyl (C=O) groups is 1. The Kier molecular flexibility index (Phi) is 8.58. The number of halogens is 1. The Labute approximate surface area is 133 Å². The summed E-state index contributed by atoms with van der Waals surface area (Å²) < 4.78 is 5.33. The van der Waals surface area contributed by atoms with Crippen molar-refractivity contribution in [3.63, 3.8) is 0 Å². The van der Waals surface area contributed by atoms with E-state index in [1.807, 2.05) is 38.1 Å². The summed E-state index contributed by atoms with van der Waals surface area (Å²) in [6.07, 6.45) is 2.67. The van der Waals surface area contributed by atoms with Crippen LogP contribution in [-0.4, -0.2) is 31.1 Å². The molecule has 4 heteroatoms. The van der Waals surface area contributed by atoms with Crippen molar-refractivity contribution in [2.24, 2.45) is 0 Å². The largest absolute Gasteiger partial charge is 0.381 e. The molecule has 3 nitrogen and oxygen atoms in total. The molecule has 21 heavy (non-hydrogen) atoms. The van der Waals surface area contributed by atoms with E-state index in [4.69, 9.17) is 16.3 Å². The zero-order valence-corrected chi connectivity index (χ0v) is 14.0. The summed E-state index contributed by atoms with van der Waals surface area (Å²) in [6, 6.07) is 7.94. The molecule has 1 N–H and O–H groups in total. The van der Waals surface area contributed by atoms with Crippen LogP contribution in [0.1, 0.15) is 39.2 Å². The van der Waals surface area contributed by atoms with Gasteiger partial charge >= 0.3 is 0 Å². The van der Waals surface area contributed by atoms with Crippen molar-refractivity contribution in [1.29, 1.82) is 0 Å². The third-order valence-electron chi connectivity index (χ3n) is 3.50. The Bertz CT molecular complexity index is 413. The van der Waals surface area contributed by atoms with Gasteiger partial charge in [-0.25, -0.2) is 0 Å². The van der Waals surface area contributed by atoms with Crippen LogP contribution in [0.2, 0.25) is 5.02 Å². The molecule has 1 aliphatic heterocycles. The minimum absolute atomic E-state index is 0.121. The molecule has 1 aliphatic rings. The van der Waals surface area contributed by atoms with Crippen molar-refractivity contribution in [2.45, 2.75) is 52.1 Å². The number of ether oxygens (including phenoxy) is 1. The van der Waals surface area contributed by atoms with Crippen molar-refractivity contribution in [2.75, 3.05) is 13.2 Å². The fourth-order valence-electron chi connectivity index (χ4n) is 2.32. The van der Waals surface area contributed by atoms with E-state index < -0.39 is 0 Å². The van der Waals surface area contributed by atoms with Gasteiger partial charge in [0.05, 0.1) is 6.04 Å². The number of nitrogens with one attached hydrogen (secondary N) is 1. The Hall–Kier alpha value is -0.900. The summed E-state index contributed by atoms with van der Waals surface area (Å²) in [4.78, 5) is 11.8. The lowest BCUT2D eigenvalue weighted by Gasteiger charge is -2.27. The normalized spacial score (nSPS) is 16.8. The molecule has 0 unspecified atom stereocenters. The van der Waals surface area contributed by atoms with Crippen LogP contribution in [0.4, 0.5) is 0 Å². The maximum atomic E-state index is 11.8. The second kappa shape index (κ2) is 9.93. The van der Waals surface area contributed by atoms with Crippen molar-refractivity contribution >= 4 is 17.4 Å². The number of hydrogen-bond donors (Lipinski definition) is 1. The van der Waals surface area contributed by atoms with Crippen LogP contribution in [0.25, 0.3) is 0 Å². The Morgan fingerprint density at radius 1 is 1.29 bits per heavy atom. The number of rotatable bonds is 5. The Morgan fingerprint density at radius 2 is 1.86 bits per heavy atom. The van der Waals surface area contributed by atoms with E-state index in [0.29, 0.717) is 12.5 Å². The topological polar surface area (TPSA) is 38.3 Å². The molecule has 1 saturated heterocycles. The fourth-order valence-corrected chi connectivity index (χ4v) is 2.45. The molecule has 1 aromatic rings. The molecule has 1 aromatic carbocycles. The van der Waals surface area contributed by atoms with Crippen molar-refractivity contribution in [3.05, 3.63) is 34.9 Å². The maximum Gasteiger partial charge on any atom is 0.147 e. The molecule has 0 bridgehead atoms. The minimum Gasteiger partial charge on any atom is -0.381 e. The predicted octanol–water partition coefficient (Wildman–Crippen LogP) is 3.63. The molecule has 0 saturated carbocycles. The van der Waals surface area contributed by atoms with Crippen LogP contribution in [0.3, 0.4) is 0 Å². The van der Waals surface area contributed by atoms with Gasteiger partial charge < -0.3 is 10.1 Å². The first kappa shape index (κ1) is 18.1. The van der Waals surface area contributed by atoms with Gasteiger partial charge in [0.15, 0.2) is 0 Å². The molecule has 1 fully saturated rings. The summed E-state index contributed by atoms with van der Waals surface area (Å²) in [5.74, 6) is 0.182. The molecule has 0 amide bonds. The van der Waals surface area contributed by atoms with E-state index in [1.165, 1.54) is 0 Å². The van der Waals surface area contributed by atoms with E-state index in [-0.39, 0.29) is 11.8 Å². The third-order valence-corrected chi connectivity index (χ3v) is 3.75. The van der Waals surface area contributed by atoms with E-state index in [2.05, 4.69) is 5.32 Å². The highest BCUT2D eigenvalue weighted by Gasteiger charge is 2.21. The van der Waals surface area contributed by atoms with Crippen LogP contribution in [-0.2, 0) is 16.0 Å². The van der Waals surface area contributed by atoms with Gasteiger partial charge in [0, 0.05) is 24.3 Å².